The maximum absolute atomic E-state index is 14.4. The first-order chi connectivity index (χ1) is 19.3. The first kappa shape index (κ1) is 30.9. The van der Waals surface area contributed by atoms with Crippen molar-refractivity contribution in [2.75, 3.05) is 0 Å². The van der Waals surface area contributed by atoms with Crippen molar-refractivity contribution in [2.45, 2.75) is 63.7 Å². The molecule has 2 atom stereocenters. The molecule has 0 aromatic heterocycles. The Morgan fingerprint density at radius 3 is 1.24 bits per heavy atom. The van der Waals surface area contributed by atoms with Gasteiger partial charge in [-0.2, -0.15) is 26.3 Å². The minimum atomic E-state index is -5.14. The molecule has 2 unspecified atom stereocenters. The van der Waals surface area contributed by atoms with E-state index in [1.54, 1.807) is 27.7 Å². The molecule has 2 aromatic rings. The van der Waals surface area contributed by atoms with E-state index in [0.29, 0.717) is 23.3 Å². The topological polar surface area (TPSA) is 74.6 Å². The normalized spacial score (nSPS) is 23.0. The third kappa shape index (κ3) is 5.18. The Hall–Kier alpha value is -4.08. The molecule has 2 aliphatic rings. The zero-order chi connectivity index (χ0) is 31.4. The van der Waals surface area contributed by atoms with Gasteiger partial charge in [0.05, 0.1) is 11.1 Å². The first-order valence-corrected chi connectivity index (χ1v) is 13.0. The van der Waals surface area contributed by atoms with E-state index in [2.05, 4.69) is 0 Å². The molecule has 4 nitrogen and oxygen atoms in total. The maximum Gasteiger partial charge on any atom is 0.417 e. The zero-order valence-corrected chi connectivity index (χ0v) is 23.2. The molecule has 222 valence electrons. The molecule has 2 aromatic carbocycles. The van der Waals surface area contributed by atoms with Crippen molar-refractivity contribution in [3.8, 4) is 11.1 Å². The molecular formula is C32H28F6O4. The van der Waals surface area contributed by atoms with Crippen LogP contribution in [0.25, 0.3) is 11.1 Å². The third-order valence-corrected chi connectivity index (χ3v) is 8.40. The van der Waals surface area contributed by atoms with Crippen LogP contribution in [0.1, 0.15) is 62.8 Å². The SMILES string of the molecule is CC1=C(C)CC(C(=O)O)(c2ccc(-c3ccc(C4(C(=O)O)C=CC(C)=C(C)C4)cc3C(F)(F)F)c(C(F)(F)F)c2)C=C1. The van der Waals surface area contributed by atoms with E-state index >= 15 is 0 Å². The minimum Gasteiger partial charge on any atom is -0.480 e. The summed E-state index contributed by atoms with van der Waals surface area (Å²) in [5.41, 5.74) is -5.78. The molecule has 0 saturated heterocycles. The van der Waals surface area contributed by atoms with Gasteiger partial charge in [0.1, 0.15) is 10.8 Å². The van der Waals surface area contributed by atoms with Gasteiger partial charge in [0.2, 0.25) is 0 Å². The molecule has 42 heavy (non-hydrogen) atoms. The molecule has 0 fully saturated rings. The van der Waals surface area contributed by atoms with Crippen LogP contribution >= 0.6 is 0 Å². The van der Waals surface area contributed by atoms with Crippen molar-refractivity contribution >= 4 is 11.9 Å². The van der Waals surface area contributed by atoms with Gasteiger partial charge >= 0.3 is 24.3 Å². The van der Waals surface area contributed by atoms with Crippen molar-refractivity contribution in [2.24, 2.45) is 0 Å². The molecule has 0 radical (unpaired) electrons. The molecule has 0 bridgehead atoms. The minimum absolute atomic E-state index is 0.109. The van der Waals surface area contributed by atoms with Gasteiger partial charge in [-0.1, -0.05) is 70.9 Å². The van der Waals surface area contributed by atoms with E-state index in [1.165, 1.54) is 24.3 Å². The lowest BCUT2D eigenvalue weighted by Gasteiger charge is -2.32. The van der Waals surface area contributed by atoms with Crippen LogP contribution in [0, 0.1) is 0 Å². The van der Waals surface area contributed by atoms with Gasteiger partial charge in [0.15, 0.2) is 0 Å². The summed E-state index contributed by atoms with van der Waals surface area (Å²) in [5, 5.41) is 20.1. The Kier molecular flexibility index (Phi) is 7.59. The highest BCUT2D eigenvalue weighted by Gasteiger charge is 2.45. The molecule has 0 amide bonds. The fourth-order valence-corrected chi connectivity index (χ4v) is 5.57. The van der Waals surface area contributed by atoms with Crippen LogP contribution in [0.15, 0.2) is 83.0 Å². The van der Waals surface area contributed by atoms with Gasteiger partial charge in [-0.15, -0.1) is 0 Å². The predicted octanol–water partition coefficient (Wildman–Crippen LogP) is 8.63. The number of hydrogen-bond acceptors (Lipinski definition) is 2. The van der Waals surface area contributed by atoms with Gasteiger partial charge in [-0.3, -0.25) is 9.59 Å². The lowest BCUT2D eigenvalue weighted by Crippen LogP contribution is -2.36. The quantitative estimate of drug-likeness (QED) is 0.342. The fourth-order valence-electron chi connectivity index (χ4n) is 5.57. The van der Waals surface area contributed by atoms with Gasteiger partial charge < -0.3 is 10.2 Å². The summed E-state index contributed by atoms with van der Waals surface area (Å²) < 4.78 is 86.7. The van der Waals surface area contributed by atoms with Crippen LogP contribution < -0.4 is 0 Å². The summed E-state index contributed by atoms with van der Waals surface area (Å²) >= 11 is 0. The first-order valence-electron chi connectivity index (χ1n) is 13.0. The second-order valence-electron chi connectivity index (χ2n) is 11.0. The zero-order valence-electron chi connectivity index (χ0n) is 23.2. The summed E-state index contributed by atoms with van der Waals surface area (Å²) in [6, 6.07) is 5.09. The van der Waals surface area contributed by atoms with Gasteiger partial charge in [0, 0.05) is 0 Å². The van der Waals surface area contributed by atoms with E-state index in [9.17, 15) is 46.1 Å². The Labute approximate surface area is 238 Å². The van der Waals surface area contributed by atoms with E-state index in [0.717, 1.165) is 35.4 Å². The van der Waals surface area contributed by atoms with E-state index < -0.39 is 57.4 Å². The second-order valence-corrected chi connectivity index (χ2v) is 11.0. The largest absolute Gasteiger partial charge is 0.480 e. The van der Waals surface area contributed by atoms with E-state index in [1.807, 2.05) is 0 Å². The maximum atomic E-state index is 14.4. The van der Waals surface area contributed by atoms with Crippen LogP contribution in [0.3, 0.4) is 0 Å². The monoisotopic (exact) mass is 590 g/mol. The van der Waals surface area contributed by atoms with Crippen molar-refractivity contribution in [1.82, 2.24) is 0 Å². The smallest absolute Gasteiger partial charge is 0.417 e. The van der Waals surface area contributed by atoms with Crippen LogP contribution in [0.5, 0.6) is 0 Å². The van der Waals surface area contributed by atoms with Crippen LogP contribution in [0.4, 0.5) is 26.3 Å². The van der Waals surface area contributed by atoms with E-state index in [-0.39, 0.29) is 24.0 Å². The number of carbonyl (C=O) groups is 2. The summed E-state index contributed by atoms with van der Waals surface area (Å²) in [4.78, 5) is 24.8. The highest BCUT2D eigenvalue weighted by atomic mass is 19.4. The molecule has 10 heteroatoms. The van der Waals surface area contributed by atoms with Crippen LogP contribution in [-0.2, 0) is 32.8 Å². The second kappa shape index (κ2) is 10.3. The summed E-state index contributed by atoms with van der Waals surface area (Å²) in [6.45, 7) is 6.80. The summed E-state index contributed by atoms with van der Waals surface area (Å²) in [5.74, 6) is -2.79. The number of hydrogen-bond donors (Lipinski definition) is 2. The highest BCUT2D eigenvalue weighted by Crippen LogP contribution is 2.48. The molecule has 0 spiro atoms. The van der Waals surface area contributed by atoms with Crippen molar-refractivity contribution in [1.29, 1.82) is 0 Å². The van der Waals surface area contributed by atoms with Crippen molar-refractivity contribution in [3.63, 3.8) is 0 Å². The van der Waals surface area contributed by atoms with Gasteiger partial charge in [0.25, 0.3) is 0 Å². The molecule has 2 aliphatic carbocycles. The number of carboxylic acids is 2. The Morgan fingerprint density at radius 2 is 0.976 bits per heavy atom. The molecule has 0 aliphatic heterocycles. The number of alkyl halides is 6. The number of aliphatic carboxylic acids is 2. The Balaban J connectivity index is 1.96. The molecule has 0 saturated carbocycles. The molecular weight excluding hydrogens is 562 g/mol. The third-order valence-electron chi connectivity index (χ3n) is 8.40. The molecule has 0 heterocycles. The predicted molar refractivity (Wildman–Crippen MR) is 145 cm³/mol. The molecule has 2 N–H and O–H groups in total. The lowest BCUT2D eigenvalue weighted by atomic mass is 9.70. The number of halogens is 6. The summed E-state index contributed by atoms with van der Waals surface area (Å²) in [6.07, 6.45) is -4.90. The van der Waals surface area contributed by atoms with Gasteiger partial charge in [-0.25, -0.2) is 0 Å². The Morgan fingerprint density at radius 1 is 0.643 bits per heavy atom. The average molecular weight is 591 g/mol. The van der Waals surface area contributed by atoms with Crippen LogP contribution in [-0.4, -0.2) is 22.2 Å². The standard InChI is InChI=1S/C32H28F6O4/c1-17-9-11-29(27(39)40,15-19(17)3)21-5-7-23(25(13-21)31(33,34)35)24-8-6-22(14-26(24)32(36,37)38)30(28(41)42)12-10-18(2)20(4)16-30/h5-14H,15-16H2,1-4H3,(H,39,40)(H,41,42). The molecule has 4 rings (SSSR count). The summed E-state index contributed by atoms with van der Waals surface area (Å²) in [7, 11) is 0. The van der Waals surface area contributed by atoms with Gasteiger partial charge in [-0.05, 0) is 74.9 Å². The number of carboxylic acid groups (broad SMARTS) is 2. The van der Waals surface area contributed by atoms with Crippen molar-refractivity contribution < 1.29 is 46.1 Å². The van der Waals surface area contributed by atoms with Crippen molar-refractivity contribution in [3.05, 3.63) is 105 Å². The number of rotatable bonds is 5. The average Bonchev–Trinajstić information content (AvgIpc) is 2.90. The highest BCUT2D eigenvalue weighted by molar-refractivity contribution is 5.87. The fraction of sp³-hybridized carbons (Fsp3) is 0.312. The van der Waals surface area contributed by atoms with E-state index in [4.69, 9.17) is 0 Å². The Bertz CT molecular complexity index is 1490. The number of benzene rings is 2. The van der Waals surface area contributed by atoms with Crippen LogP contribution in [0.2, 0.25) is 0 Å². The lowest BCUT2D eigenvalue weighted by molar-refractivity contribution is -0.143. The number of allylic oxidation sites excluding steroid dienone is 6.